The molecule has 1 amide bonds. The van der Waals surface area contributed by atoms with E-state index in [2.05, 4.69) is 11.2 Å². The largest absolute Gasteiger partial charge is 0.322 e. The maximum atomic E-state index is 12.7. The van der Waals surface area contributed by atoms with Gasteiger partial charge in [0.25, 0.3) is 5.91 Å². The SMILES string of the molecule is C#Cc1cccc(NC(=O)c2ccccc2C(=O)c2ccccc2)c1. The quantitative estimate of drug-likeness (QED) is 0.578. The van der Waals surface area contributed by atoms with E-state index in [1.807, 2.05) is 6.07 Å². The van der Waals surface area contributed by atoms with Gasteiger partial charge in [0.15, 0.2) is 5.78 Å². The third-order valence-corrected chi connectivity index (χ3v) is 3.74. The van der Waals surface area contributed by atoms with E-state index in [1.165, 1.54) is 0 Å². The third kappa shape index (κ3) is 3.65. The van der Waals surface area contributed by atoms with Gasteiger partial charge in [-0.2, -0.15) is 0 Å². The molecule has 0 radical (unpaired) electrons. The Morgan fingerprint density at radius 3 is 2.20 bits per heavy atom. The standard InChI is InChI=1S/C22H15NO2/c1-2-16-9-8-12-18(15-16)23-22(25)20-14-7-6-13-19(20)21(24)17-10-4-3-5-11-17/h1,3-15H,(H,23,25). The van der Waals surface area contributed by atoms with Crippen LogP contribution in [0, 0.1) is 12.3 Å². The highest BCUT2D eigenvalue weighted by molar-refractivity contribution is 6.17. The molecule has 0 atom stereocenters. The summed E-state index contributed by atoms with van der Waals surface area (Å²) in [6.45, 7) is 0. The molecule has 0 aliphatic rings. The van der Waals surface area contributed by atoms with Crippen LogP contribution in [0.15, 0.2) is 78.9 Å². The molecular weight excluding hydrogens is 310 g/mol. The number of terminal acetylenes is 1. The van der Waals surface area contributed by atoms with Gasteiger partial charge in [-0.1, -0.05) is 60.5 Å². The molecule has 0 heterocycles. The number of nitrogens with one attached hydrogen (secondary N) is 1. The van der Waals surface area contributed by atoms with E-state index in [-0.39, 0.29) is 11.7 Å². The van der Waals surface area contributed by atoms with Gasteiger partial charge >= 0.3 is 0 Å². The molecule has 3 aromatic carbocycles. The normalized spacial score (nSPS) is 9.88. The first kappa shape index (κ1) is 16.2. The van der Waals surface area contributed by atoms with Crippen molar-refractivity contribution in [3.05, 3.63) is 101 Å². The van der Waals surface area contributed by atoms with Crippen molar-refractivity contribution in [1.82, 2.24) is 0 Å². The number of rotatable bonds is 4. The molecule has 0 aliphatic heterocycles. The summed E-state index contributed by atoms with van der Waals surface area (Å²) >= 11 is 0. The minimum absolute atomic E-state index is 0.191. The molecule has 1 N–H and O–H groups in total. The number of ketones is 1. The lowest BCUT2D eigenvalue weighted by Gasteiger charge is -2.10. The van der Waals surface area contributed by atoms with Crippen LogP contribution >= 0.6 is 0 Å². The second-order valence-corrected chi connectivity index (χ2v) is 5.42. The second-order valence-electron chi connectivity index (χ2n) is 5.42. The van der Waals surface area contributed by atoms with Crippen molar-refractivity contribution in [3.63, 3.8) is 0 Å². The van der Waals surface area contributed by atoms with Gasteiger partial charge in [0.1, 0.15) is 0 Å². The molecule has 0 fully saturated rings. The molecule has 0 aliphatic carbocycles. The molecule has 3 aromatic rings. The van der Waals surface area contributed by atoms with E-state index >= 15 is 0 Å². The molecule has 3 rings (SSSR count). The maximum Gasteiger partial charge on any atom is 0.256 e. The van der Waals surface area contributed by atoms with Crippen molar-refractivity contribution in [3.8, 4) is 12.3 Å². The summed E-state index contributed by atoms with van der Waals surface area (Å²) in [6, 6.07) is 22.7. The molecule has 3 nitrogen and oxygen atoms in total. The highest BCUT2D eigenvalue weighted by atomic mass is 16.2. The van der Waals surface area contributed by atoms with Crippen LogP contribution in [-0.4, -0.2) is 11.7 Å². The number of hydrogen-bond acceptors (Lipinski definition) is 2. The Hall–Kier alpha value is -3.64. The first-order valence-electron chi connectivity index (χ1n) is 7.76. The number of carbonyl (C=O) groups is 2. The lowest BCUT2D eigenvalue weighted by molar-refractivity contribution is 0.0996. The number of anilines is 1. The second kappa shape index (κ2) is 7.29. The summed E-state index contributed by atoms with van der Waals surface area (Å²) in [7, 11) is 0. The summed E-state index contributed by atoms with van der Waals surface area (Å²) in [5, 5.41) is 2.79. The van der Waals surface area contributed by atoms with E-state index in [1.54, 1.807) is 72.8 Å². The van der Waals surface area contributed by atoms with E-state index < -0.39 is 0 Å². The zero-order valence-electron chi connectivity index (χ0n) is 13.4. The maximum absolute atomic E-state index is 12.7. The van der Waals surface area contributed by atoms with Gasteiger partial charge in [0, 0.05) is 22.4 Å². The molecule has 0 saturated carbocycles. The van der Waals surface area contributed by atoms with Gasteiger partial charge in [-0.25, -0.2) is 0 Å². The molecule has 3 heteroatoms. The Balaban J connectivity index is 1.91. The predicted molar refractivity (Wildman–Crippen MR) is 98.6 cm³/mol. The summed E-state index contributed by atoms with van der Waals surface area (Å²) < 4.78 is 0. The van der Waals surface area contributed by atoms with Crippen LogP contribution in [0.1, 0.15) is 31.8 Å². The van der Waals surface area contributed by atoms with E-state index in [4.69, 9.17) is 6.42 Å². The highest BCUT2D eigenvalue weighted by Crippen LogP contribution is 2.17. The van der Waals surface area contributed by atoms with Gasteiger partial charge in [0.2, 0.25) is 0 Å². The molecule has 120 valence electrons. The van der Waals surface area contributed by atoms with Gasteiger partial charge in [-0.3, -0.25) is 9.59 Å². The number of amides is 1. The van der Waals surface area contributed by atoms with Crippen LogP contribution in [0.25, 0.3) is 0 Å². The summed E-state index contributed by atoms with van der Waals surface area (Å²) in [6.07, 6.45) is 5.38. The number of carbonyl (C=O) groups excluding carboxylic acids is 2. The third-order valence-electron chi connectivity index (χ3n) is 3.74. The fourth-order valence-electron chi connectivity index (χ4n) is 2.51. The minimum Gasteiger partial charge on any atom is -0.322 e. The van der Waals surface area contributed by atoms with E-state index in [0.717, 1.165) is 0 Å². The predicted octanol–water partition coefficient (Wildman–Crippen LogP) is 4.15. The zero-order valence-corrected chi connectivity index (χ0v) is 13.4. The van der Waals surface area contributed by atoms with Crippen LogP contribution in [0.4, 0.5) is 5.69 Å². The van der Waals surface area contributed by atoms with Crippen LogP contribution < -0.4 is 5.32 Å². The minimum atomic E-state index is -0.353. The Labute approximate surface area is 146 Å². The van der Waals surface area contributed by atoms with Gasteiger partial charge in [-0.05, 0) is 24.3 Å². The monoisotopic (exact) mass is 325 g/mol. The Kier molecular flexibility index (Phi) is 4.73. The molecule has 0 aromatic heterocycles. The van der Waals surface area contributed by atoms with Gasteiger partial charge in [0.05, 0.1) is 5.56 Å². The fourth-order valence-corrected chi connectivity index (χ4v) is 2.51. The average molecular weight is 325 g/mol. The van der Waals surface area contributed by atoms with Crippen LogP contribution in [0.3, 0.4) is 0 Å². The Morgan fingerprint density at radius 2 is 1.48 bits per heavy atom. The molecule has 0 saturated heterocycles. The average Bonchev–Trinajstić information content (AvgIpc) is 2.68. The zero-order chi connectivity index (χ0) is 17.6. The molecular formula is C22H15NO2. The van der Waals surface area contributed by atoms with Crippen LogP contribution in [-0.2, 0) is 0 Å². The van der Waals surface area contributed by atoms with Crippen molar-refractivity contribution in [2.24, 2.45) is 0 Å². The molecule has 0 spiro atoms. The number of hydrogen-bond donors (Lipinski definition) is 1. The van der Waals surface area contributed by atoms with Crippen molar-refractivity contribution >= 4 is 17.4 Å². The first-order chi connectivity index (χ1) is 12.2. The fraction of sp³-hybridized carbons (Fsp3) is 0. The Morgan fingerprint density at radius 1 is 0.800 bits per heavy atom. The summed E-state index contributed by atoms with van der Waals surface area (Å²) in [4.78, 5) is 25.4. The molecule has 25 heavy (non-hydrogen) atoms. The van der Waals surface area contributed by atoms with Crippen molar-refractivity contribution in [2.75, 3.05) is 5.32 Å². The lowest BCUT2D eigenvalue weighted by Crippen LogP contribution is -2.17. The lowest BCUT2D eigenvalue weighted by atomic mass is 9.98. The van der Waals surface area contributed by atoms with E-state index in [9.17, 15) is 9.59 Å². The summed E-state index contributed by atoms with van der Waals surface area (Å²) in [5.41, 5.74) is 2.48. The molecule has 0 unspecified atom stereocenters. The Bertz CT molecular complexity index is 969. The first-order valence-corrected chi connectivity index (χ1v) is 7.76. The van der Waals surface area contributed by atoms with Gasteiger partial charge in [-0.15, -0.1) is 6.42 Å². The van der Waals surface area contributed by atoms with Crippen molar-refractivity contribution < 1.29 is 9.59 Å². The highest BCUT2D eigenvalue weighted by Gasteiger charge is 2.18. The topological polar surface area (TPSA) is 46.2 Å². The molecule has 0 bridgehead atoms. The van der Waals surface area contributed by atoms with Crippen molar-refractivity contribution in [2.45, 2.75) is 0 Å². The van der Waals surface area contributed by atoms with Gasteiger partial charge < -0.3 is 5.32 Å². The summed E-state index contributed by atoms with van der Waals surface area (Å²) in [5.74, 6) is 1.98. The smallest absolute Gasteiger partial charge is 0.256 e. The van der Waals surface area contributed by atoms with Crippen LogP contribution in [0.2, 0.25) is 0 Å². The van der Waals surface area contributed by atoms with Crippen molar-refractivity contribution in [1.29, 1.82) is 0 Å². The number of benzene rings is 3. The van der Waals surface area contributed by atoms with Crippen LogP contribution in [0.5, 0.6) is 0 Å². The van der Waals surface area contributed by atoms with E-state index in [0.29, 0.717) is 27.9 Å².